The molecule has 14 heavy (non-hydrogen) atoms. The van der Waals surface area contributed by atoms with E-state index < -0.39 is 5.76 Å². The van der Waals surface area contributed by atoms with E-state index in [2.05, 4.69) is 9.97 Å². The van der Waals surface area contributed by atoms with Crippen LogP contribution < -0.4 is 0 Å². The molecule has 0 aliphatic rings. The number of nitrogens with zero attached hydrogens (tertiary/aromatic N) is 2. The summed E-state index contributed by atoms with van der Waals surface area (Å²) in [6.07, 6.45) is 0. The van der Waals surface area contributed by atoms with Gasteiger partial charge < -0.3 is 0 Å². The highest BCUT2D eigenvalue weighted by molar-refractivity contribution is 8.16. The topological polar surface area (TPSA) is 25.8 Å². The maximum Gasteiger partial charge on any atom is 0.285 e. The van der Waals surface area contributed by atoms with Crippen LogP contribution in [0.2, 0.25) is 0 Å². The van der Waals surface area contributed by atoms with Crippen LogP contribution in [0.15, 0.2) is 11.2 Å². The summed E-state index contributed by atoms with van der Waals surface area (Å²) in [4.78, 5) is 8.25. The van der Waals surface area contributed by atoms with Gasteiger partial charge in [0.2, 0.25) is 0 Å². The van der Waals surface area contributed by atoms with Crippen molar-refractivity contribution in [3.05, 3.63) is 17.5 Å². The Balaban J connectivity index is 2.50. The molecule has 0 N–H and O–H groups in total. The van der Waals surface area contributed by atoms with Gasteiger partial charge in [-0.15, -0.1) is 0 Å². The molecule has 0 aliphatic heterocycles. The standard InChI is InChI=1S/C8H10F2N2S2/c1-5-3-6(2)12-8(11-5)14-4-13-7(9)10/h3,7H,4H2,1-2H3. The Morgan fingerprint density at radius 2 is 1.86 bits per heavy atom. The molecule has 0 aliphatic carbocycles. The second-order valence-electron chi connectivity index (χ2n) is 2.62. The van der Waals surface area contributed by atoms with E-state index in [0.717, 1.165) is 11.4 Å². The van der Waals surface area contributed by atoms with E-state index in [1.54, 1.807) is 0 Å². The predicted molar refractivity (Wildman–Crippen MR) is 55.8 cm³/mol. The first kappa shape index (κ1) is 11.7. The number of hydrogen-bond donors (Lipinski definition) is 0. The summed E-state index contributed by atoms with van der Waals surface area (Å²) >= 11 is 1.83. The van der Waals surface area contributed by atoms with Crippen molar-refractivity contribution >= 4 is 23.5 Å². The summed E-state index contributed by atoms with van der Waals surface area (Å²) in [5.41, 5.74) is 1.73. The maximum absolute atomic E-state index is 11.8. The highest BCUT2D eigenvalue weighted by Crippen LogP contribution is 2.23. The van der Waals surface area contributed by atoms with Crippen LogP contribution in [0.3, 0.4) is 0 Å². The van der Waals surface area contributed by atoms with E-state index in [-0.39, 0.29) is 5.08 Å². The molecule has 1 aromatic heterocycles. The zero-order valence-electron chi connectivity index (χ0n) is 7.83. The molecule has 2 nitrogen and oxygen atoms in total. The highest BCUT2D eigenvalue weighted by atomic mass is 32.2. The molecule has 0 unspecified atom stereocenters. The number of rotatable bonds is 4. The van der Waals surface area contributed by atoms with Gasteiger partial charge in [0, 0.05) is 11.4 Å². The molecule has 0 fully saturated rings. The van der Waals surface area contributed by atoms with Gasteiger partial charge in [0.1, 0.15) is 0 Å². The average Bonchev–Trinajstić information content (AvgIpc) is 2.01. The Kier molecular flexibility index (Phi) is 4.60. The zero-order chi connectivity index (χ0) is 10.6. The van der Waals surface area contributed by atoms with Crippen molar-refractivity contribution in [2.75, 3.05) is 5.08 Å². The normalized spacial score (nSPS) is 10.9. The lowest BCUT2D eigenvalue weighted by Crippen LogP contribution is -1.93. The van der Waals surface area contributed by atoms with Crippen LogP contribution in [0.1, 0.15) is 11.4 Å². The number of thioether (sulfide) groups is 2. The third-order valence-electron chi connectivity index (χ3n) is 1.34. The summed E-state index contributed by atoms with van der Waals surface area (Å²) in [6.45, 7) is 3.72. The van der Waals surface area contributed by atoms with Crippen LogP contribution in [0, 0.1) is 13.8 Å². The second-order valence-corrected chi connectivity index (χ2v) is 4.91. The fourth-order valence-electron chi connectivity index (χ4n) is 0.896. The Morgan fingerprint density at radius 1 is 1.29 bits per heavy atom. The fraction of sp³-hybridized carbons (Fsp3) is 0.500. The van der Waals surface area contributed by atoms with Crippen molar-refractivity contribution < 1.29 is 8.78 Å². The average molecular weight is 236 g/mol. The number of halogens is 2. The molecule has 0 saturated carbocycles. The predicted octanol–water partition coefficient (Wildman–Crippen LogP) is 3.10. The van der Waals surface area contributed by atoms with Crippen LogP contribution >= 0.6 is 23.5 Å². The third kappa shape index (κ3) is 4.23. The Bertz CT molecular complexity index is 287. The van der Waals surface area contributed by atoms with Crippen molar-refractivity contribution in [2.45, 2.75) is 24.8 Å². The minimum Gasteiger partial charge on any atom is -0.228 e. The SMILES string of the molecule is Cc1cc(C)nc(SCSC(F)F)n1. The number of hydrogen-bond acceptors (Lipinski definition) is 4. The smallest absolute Gasteiger partial charge is 0.228 e. The molecule has 0 bridgehead atoms. The summed E-state index contributed by atoms with van der Waals surface area (Å²) in [6, 6.07) is 1.85. The van der Waals surface area contributed by atoms with Gasteiger partial charge in [-0.1, -0.05) is 23.5 Å². The van der Waals surface area contributed by atoms with Gasteiger partial charge in [0.05, 0.1) is 5.08 Å². The first-order valence-corrected chi connectivity index (χ1v) is 5.96. The Labute approximate surface area is 89.9 Å². The highest BCUT2D eigenvalue weighted by Gasteiger charge is 2.05. The van der Waals surface area contributed by atoms with E-state index in [1.807, 2.05) is 19.9 Å². The van der Waals surface area contributed by atoms with Crippen LogP contribution in [0.5, 0.6) is 0 Å². The molecule has 0 amide bonds. The lowest BCUT2D eigenvalue weighted by atomic mass is 10.4. The zero-order valence-corrected chi connectivity index (χ0v) is 9.46. The first-order chi connectivity index (χ1) is 6.58. The molecule has 0 radical (unpaired) electrons. The summed E-state index contributed by atoms with van der Waals surface area (Å²) in [7, 11) is 0. The lowest BCUT2D eigenvalue weighted by Gasteiger charge is -2.02. The lowest BCUT2D eigenvalue weighted by molar-refractivity contribution is 0.252. The molecule has 1 heterocycles. The van der Waals surface area contributed by atoms with Gasteiger partial charge in [0.15, 0.2) is 5.16 Å². The molecular weight excluding hydrogens is 226 g/mol. The van der Waals surface area contributed by atoms with Gasteiger partial charge >= 0.3 is 0 Å². The quantitative estimate of drug-likeness (QED) is 0.456. The molecule has 0 spiro atoms. The van der Waals surface area contributed by atoms with Gasteiger partial charge in [-0.3, -0.25) is 0 Å². The largest absolute Gasteiger partial charge is 0.285 e. The van der Waals surface area contributed by atoms with Crippen LogP contribution in [-0.2, 0) is 0 Å². The molecular formula is C8H10F2N2S2. The van der Waals surface area contributed by atoms with E-state index in [0.29, 0.717) is 16.9 Å². The summed E-state index contributed by atoms with van der Waals surface area (Å²) in [5, 5.41) is 0.844. The first-order valence-electron chi connectivity index (χ1n) is 3.93. The van der Waals surface area contributed by atoms with Gasteiger partial charge in [-0.05, 0) is 19.9 Å². The third-order valence-corrected chi connectivity index (χ3v) is 3.05. The van der Waals surface area contributed by atoms with Crippen molar-refractivity contribution in [3.8, 4) is 0 Å². The fourth-order valence-corrected chi connectivity index (χ4v) is 2.42. The molecule has 0 saturated heterocycles. The Morgan fingerprint density at radius 3 is 2.36 bits per heavy atom. The summed E-state index contributed by atoms with van der Waals surface area (Å²) in [5.74, 6) is -2.33. The molecule has 6 heteroatoms. The Hall–Kier alpha value is -0.360. The van der Waals surface area contributed by atoms with E-state index in [1.165, 1.54) is 11.8 Å². The molecule has 1 rings (SSSR count). The van der Waals surface area contributed by atoms with Crippen LogP contribution in [0.25, 0.3) is 0 Å². The van der Waals surface area contributed by atoms with Gasteiger partial charge in [-0.25, -0.2) is 9.97 Å². The molecule has 0 atom stereocenters. The van der Waals surface area contributed by atoms with Gasteiger partial charge in [0.25, 0.3) is 5.76 Å². The second kappa shape index (κ2) is 5.50. The maximum atomic E-state index is 11.8. The van der Waals surface area contributed by atoms with Crippen LogP contribution in [0.4, 0.5) is 8.78 Å². The monoisotopic (exact) mass is 236 g/mol. The number of aromatic nitrogens is 2. The molecule has 1 aromatic rings. The minimum atomic E-state index is -2.33. The van der Waals surface area contributed by atoms with Crippen molar-refractivity contribution in [3.63, 3.8) is 0 Å². The van der Waals surface area contributed by atoms with Crippen molar-refractivity contribution in [1.82, 2.24) is 9.97 Å². The van der Waals surface area contributed by atoms with Crippen molar-refractivity contribution in [1.29, 1.82) is 0 Å². The summed E-state index contributed by atoms with van der Waals surface area (Å²) < 4.78 is 23.6. The number of aryl methyl sites for hydroxylation is 2. The van der Waals surface area contributed by atoms with Crippen LogP contribution in [-0.4, -0.2) is 20.8 Å². The van der Waals surface area contributed by atoms with E-state index in [4.69, 9.17) is 0 Å². The van der Waals surface area contributed by atoms with E-state index >= 15 is 0 Å². The van der Waals surface area contributed by atoms with Crippen molar-refractivity contribution in [2.24, 2.45) is 0 Å². The minimum absolute atomic E-state index is 0.278. The van der Waals surface area contributed by atoms with Gasteiger partial charge in [-0.2, -0.15) is 8.78 Å². The molecule has 78 valence electrons. The van der Waals surface area contributed by atoms with E-state index in [9.17, 15) is 8.78 Å². The molecule has 0 aromatic carbocycles. The number of alkyl halides is 2.